The van der Waals surface area contributed by atoms with Gasteiger partial charge in [-0.15, -0.1) is 6.58 Å². The number of rotatable bonds is 4. The topological polar surface area (TPSA) is 0 Å². The molecule has 0 atom stereocenters. The minimum atomic E-state index is 0.957. The SMILES string of the molecule is C=CC/C(C)=C\C=C\c1ccc(C)cc1. The molecule has 15 heavy (non-hydrogen) atoms. The third-order valence-electron chi connectivity index (χ3n) is 2.21. The molecule has 0 spiro atoms. The number of allylic oxidation sites excluding steroid dienone is 4. The van der Waals surface area contributed by atoms with Crippen LogP contribution < -0.4 is 0 Å². The van der Waals surface area contributed by atoms with Gasteiger partial charge in [0.2, 0.25) is 0 Å². The fraction of sp³-hybridized carbons (Fsp3) is 0.200. The summed E-state index contributed by atoms with van der Waals surface area (Å²) in [4.78, 5) is 0. The molecule has 0 nitrogen and oxygen atoms in total. The molecule has 0 aliphatic heterocycles. The number of benzene rings is 1. The predicted molar refractivity (Wildman–Crippen MR) is 68.8 cm³/mol. The maximum absolute atomic E-state index is 3.71. The lowest BCUT2D eigenvalue weighted by Gasteiger charge is -1.94. The fourth-order valence-electron chi connectivity index (χ4n) is 1.30. The molecule has 1 aromatic carbocycles. The molecule has 0 saturated carbocycles. The Morgan fingerprint density at radius 3 is 2.53 bits per heavy atom. The van der Waals surface area contributed by atoms with E-state index in [1.807, 2.05) is 6.08 Å². The van der Waals surface area contributed by atoms with Crippen LogP contribution in [-0.2, 0) is 0 Å². The highest BCUT2D eigenvalue weighted by atomic mass is 13.9. The van der Waals surface area contributed by atoms with Crippen LogP contribution in [-0.4, -0.2) is 0 Å². The first-order chi connectivity index (χ1) is 7.22. The first kappa shape index (κ1) is 11.5. The van der Waals surface area contributed by atoms with Gasteiger partial charge in [0.05, 0.1) is 0 Å². The normalized spacial score (nSPS) is 12.0. The van der Waals surface area contributed by atoms with Crippen LogP contribution in [0.1, 0.15) is 24.5 Å². The Morgan fingerprint density at radius 2 is 1.93 bits per heavy atom. The van der Waals surface area contributed by atoms with Crippen molar-refractivity contribution in [3.05, 3.63) is 65.8 Å². The molecule has 0 saturated heterocycles. The number of aryl methyl sites for hydroxylation is 1. The maximum atomic E-state index is 3.71. The first-order valence-corrected chi connectivity index (χ1v) is 5.24. The molecule has 1 rings (SSSR count). The Hall–Kier alpha value is -1.56. The van der Waals surface area contributed by atoms with Crippen LogP contribution in [0.25, 0.3) is 6.08 Å². The van der Waals surface area contributed by atoms with E-state index in [0.29, 0.717) is 0 Å². The van der Waals surface area contributed by atoms with Crippen LogP contribution in [0.15, 0.2) is 54.6 Å². The van der Waals surface area contributed by atoms with Crippen LogP contribution in [0.3, 0.4) is 0 Å². The Labute approximate surface area is 92.6 Å². The minimum absolute atomic E-state index is 0.957. The van der Waals surface area contributed by atoms with Crippen molar-refractivity contribution < 1.29 is 0 Å². The lowest BCUT2D eigenvalue weighted by atomic mass is 10.1. The summed E-state index contributed by atoms with van der Waals surface area (Å²) in [6.07, 6.45) is 9.21. The molecule has 78 valence electrons. The molecular formula is C15H18. The zero-order valence-electron chi connectivity index (χ0n) is 9.53. The van der Waals surface area contributed by atoms with Gasteiger partial charge in [-0.25, -0.2) is 0 Å². The molecule has 0 heterocycles. The summed E-state index contributed by atoms with van der Waals surface area (Å²) in [5, 5.41) is 0. The minimum Gasteiger partial charge on any atom is -0.103 e. The average Bonchev–Trinajstić information content (AvgIpc) is 2.21. The quantitative estimate of drug-likeness (QED) is 0.492. The highest BCUT2D eigenvalue weighted by Crippen LogP contribution is 2.06. The Bertz CT molecular complexity index is 364. The Morgan fingerprint density at radius 1 is 1.27 bits per heavy atom. The van der Waals surface area contributed by atoms with E-state index in [0.717, 1.165) is 6.42 Å². The van der Waals surface area contributed by atoms with E-state index in [-0.39, 0.29) is 0 Å². The van der Waals surface area contributed by atoms with Crippen molar-refractivity contribution in [3.63, 3.8) is 0 Å². The van der Waals surface area contributed by atoms with E-state index in [9.17, 15) is 0 Å². The molecular weight excluding hydrogens is 180 g/mol. The summed E-state index contributed by atoms with van der Waals surface area (Å²) in [6, 6.07) is 8.50. The third-order valence-corrected chi connectivity index (χ3v) is 2.21. The molecule has 0 heteroatoms. The summed E-state index contributed by atoms with van der Waals surface area (Å²) < 4.78 is 0. The van der Waals surface area contributed by atoms with Gasteiger partial charge in [0.15, 0.2) is 0 Å². The Balaban J connectivity index is 2.61. The molecule has 1 aromatic rings. The van der Waals surface area contributed by atoms with Crippen LogP contribution in [0, 0.1) is 6.92 Å². The number of hydrogen-bond acceptors (Lipinski definition) is 0. The summed E-state index contributed by atoms with van der Waals surface area (Å²) in [5.74, 6) is 0. The second kappa shape index (κ2) is 6.02. The second-order valence-corrected chi connectivity index (χ2v) is 3.78. The highest BCUT2D eigenvalue weighted by molar-refractivity contribution is 5.51. The lowest BCUT2D eigenvalue weighted by molar-refractivity contribution is 1.22. The van der Waals surface area contributed by atoms with Gasteiger partial charge in [-0.05, 0) is 25.8 Å². The van der Waals surface area contributed by atoms with Gasteiger partial charge in [0.1, 0.15) is 0 Å². The molecule has 0 amide bonds. The average molecular weight is 198 g/mol. The summed E-state index contributed by atoms with van der Waals surface area (Å²) in [6.45, 7) is 7.92. The van der Waals surface area contributed by atoms with Crippen molar-refractivity contribution in [1.29, 1.82) is 0 Å². The van der Waals surface area contributed by atoms with Crippen LogP contribution in [0.2, 0.25) is 0 Å². The standard InChI is InChI=1S/C15H18/c1-4-6-13(2)7-5-8-15-11-9-14(3)10-12-15/h4-5,7-12H,1,6H2,2-3H3/b8-5+,13-7-. The highest BCUT2D eigenvalue weighted by Gasteiger charge is 1.85. The van der Waals surface area contributed by atoms with Crippen molar-refractivity contribution in [1.82, 2.24) is 0 Å². The smallest absolute Gasteiger partial charge is 0.0141 e. The van der Waals surface area contributed by atoms with Crippen molar-refractivity contribution in [2.45, 2.75) is 20.3 Å². The van der Waals surface area contributed by atoms with Gasteiger partial charge in [-0.2, -0.15) is 0 Å². The van der Waals surface area contributed by atoms with Crippen LogP contribution in [0.4, 0.5) is 0 Å². The van der Waals surface area contributed by atoms with Crippen molar-refractivity contribution >= 4 is 6.08 Å². The van der Waals surface area contributed by atoms with Crippen molar-refractivity contribution in [3.8, 4) is 0 Å². The van der Waals surface area contributed by atoms with Gasteiger partial charge < -0.3 is 0 Å². The zero-order valence-corrected chi connectivity index (χ0v) is 9.53. The third kappa shape index (κ3) is 4.46. The van der Waals surface area contributed by atoms with Crippen LogP contribution in [0.5, 0.6) is 0 Å². The van der Waals surface area contributed by atoms with E-state index >= 15 is 0 Å². The zero-order chi connectivity index (χ0) is 11.1. The fourth-order valence-corrected chi connectivity index (χ4v) is 1.30. The predicted octanol–water partition coefficient (Wildman–Crippen LogP) is 4.53. The van der Waals surface area contributed by atoms with E-state index in [1.54, 1.807) is 0 Å². The van der Waals surface area contributed by atoms with Crippen LogP contribution >= 0.6 is 0 Å². The van der Waals surface area contributed by atoms with Gasteiger partial charge in [0, 0.05) is 0 Å². The summed E-state index contributed by atoms with van der Waals surface area (Å²) in [5.41, 5.74) is 3.86. The molecule has 0 aliphatic carbocycles. The van der Waals surface area contributed by atoms with Crippen molar-refractivity contribution in [2.24, 2.45) is 0 Å². The van der Waals surface area contributed by atoms with E-state index in [2.05, 4.69) is 62.9 Å². The largest absolute Gasteiger partial charge is 0.103 e. The summed E-state index contributed by atoms with van der Waals surface area (Å²) >= 11 is 0. The van der Waals surface area contributed by atoms with E-state index < -0.39 is 0 Å². The molecule has 0 radical (unpaired) electrons. The van der Waals surface area contributed by atoms with Gasteiger partial charge in [-0.3, -0.25) is 0 Å². The first-order valence-electron chi connectivity index (χ1n) is 5.24. The van der Waals surface area contributed by atoms with E-state index in [1.165, 1.54) is 16.7 Å². The lowest BCUT2D eigenvalue weighted by Crippen LogP contribution is -1.73. The molecule has 0 fully saturated rings. The molecule has 0 N–H and O–H groups in total. The number of hydrogen-bond donors (Lipinski definition) is 0. The van der Waals surface area contributed by atoms with Crippen molar-refractivity contribution in [2.75, 3.05) is 0 Å². The van der Waals surface area contributed by atoms with Gasteiger partial charge in [-0.1, -0.05) is 59.7 Å². The Kier molecular flexibility index (Phi) is 4.62. The van der Waals surface area contributed by atoms with Gasteiger partial charge >= 0.3 is 0 Å². The second-order valence-electron chi connectivity index (χ2n) is 3.78. The maximum Gasteiger partial charge on any atom is -0.0141 e. The van der Waals surface area contributed by atoms with E-state index in [4.69, 9.17) is 0 Å². The monoisotopic (exact) mass is 198 g/mol. The molecule has 0 aromatic heterocycles. The molecule has 0 bridgehead atoms. The molecule has 0 aliphatic rings. The summed E-state index contributed by atoms with van der Waals surface area (Å²) in [7, 11) is 0. The van der Waals surface area contributed by atoms with Gasteiger partial charge in [0.25, 0.3) is 0 Å². The molecule has 0 unspecified atom stereocenters.